The highest BCUT2D eigenvalue weighted by molar-refractivity contribution is 5.87. The minimum atomic E-state index is -0.703. The molecule has 2 rings (SSSR count). The maximum absolute atomic E-state index is 13.3. The van der Waals surface area contributed by atoms with E-state index in [-0.39, 0.29) is 5.75 Å². The highest BCUT2D eigenvalue weighted by Gasteiger charge is 2.19. The van der Waals surface area contributed by atoms with E-state index in [0.717, 1.165) is 18.7 Å². The van der Waals surface area contributed by atoms with Crippen LogP contribution in [0.4, 0.5) is 8.78 Å². The lowest BCUT2D eigenvalue weighted by molar-refractivity contribution is 0.255. The zero-order chi connectivity index (χ0) is 11.5. The number of nitrogens with one attached hydrogen (secondary N) is 1. The molecule has 0 radical (unpaired) electrons. The third kappa shape index (κ3) is 2.13. The molecule has 0 saturated heterocycles. The van der Waals surface area contributed by atoms with Gasteiger partial charge in [0, 0.05) is 6.54 Å². The van der Waals surface area contributed by atoms with Crippen molar-refractivity contribution >= 4 is 5.84 Å². The van der Waals surface area contributed by atoms with Crippen molar-refractivity contribution in [3.05, 3.63) is 29.8 Å². The van der Waals surface area contributed by atoms with Gasteiger partial charge < -0.3 is 10.1 Å². The molecule has 0 bridgehead atoms. The van der Waals surface area contributed by atoms with Crippen LogP contribution in [0.3, 0.4) is 0 Å². The summed E-state index contributed by atoms with van der Waals surface area (Å²) in [4.78, 5) is 4.13. The fourth-order valence-electron chi connectivity index (χ4n) is 1.52. The van der Waals surface area contributed by atoms with Gasteiger partial charge in [-0.15, -0.1) is 0 Å². The quantitative estimate of drug-likeness (QED) is 0.851. The summed E-state index contributed by atoms with van der Waals surface area (Å²) in [5.41, 5.74) is 0. The number of aliphatic imine (C=N–C) groups is 1. The molecule has 1 unspecified atom stereocenters. The van der Waals surface area contributed by atoms with E-state index >= 15 is 0 Å². The van der Waals surface area contributed by atoms with Crippen molar-refractivity contribution in [3.8, 4) is 5.75 Å². The van der Waals surface area contributed by atoms with Crippen molar-refractivity contribution in [3.63, 3.8) is 0 Å². The minimum Gasteiger partial charge on any atom is -0.477 e. The topological polar surface area (TPSA) is 33.6 Å². The molecule has 0 aromatic heterocycles. The molecule has 3 nitrogen and oxygen atoms in total. The SMILES string of the molecule is CC(Oc1c(F)cccc1F)C1=NCCN1. The molecule has 1 aromatic carbocycles. The van der Waals surface area contributed by atoms with Crippen molar-refractivity contribution in [1.29, 1.82) is 0 Å². The van der Waals surface area contributed by atoms with Crippen LogP contribution < -0.4 is 10.1 Å². The molecule has 1 atom stereocenters. The van der Waals surface area contributed by atoms with E-state index in [1.54, 1.807) is 6.92 Å². The predicted octanol–water partition coefficient (Wildman–Crippen LogP) is 1.73. The van der Waals surface area contributed by atoms with Gasteiger partial charge in [-0.2, -0.15) is 0 Å². The van der Waals surface area contributed by atoms with Crippen molar-refractivity contribution in [2.24, 2.45) is 4.99 Å². The van der Waals surface area contributed by atoms with Gasteiger partial charge in [-0.05, 0) is 19.1 Å². The minimum absolute atomic E-state index is 0.355. The van der Waals surface area contributed by atoms with Crippen LogP contribution >= 0.6 is 0 Å². The Kier molecular flexibility index (Phi) is 3.03. The van der Waals surface area contributed by atoms with Gasteiger partial charge in [0.05, 0.1) is 6.54 Å². The lowest BCUT2D eigenvalue weighted by atomic mass is 10.3. The first-order valence-electron chi connectivity index (χ1n) is 5.07. The Bertz CT molecular complexity index is 400. The van der Waals surface area contributed by atoms with E-state index in [0.29, 0.717) is 12.4 Å². The second kappa shape index (κ2) is 4.47. The predicted molar refractivity (Wildman–Crippen MR) is 56.8 cm³/mol. The zero-order valence-electron chi connectivity index (χ0n) is 8.84. The van der Waals surface area contributed by atoms with Crippen LogP contribution in [0, 0.1) is 11.6 Å². The number of hydrogen-bond acceptors (Lipinski definition) is 3. The second-order valence-corrected chi connectivity index (χ2v) is 3.50. The summed E-state index contributed by atoms with van der Waals surface area (Å²) in [5, 5.41) is 3.00. The van der Waals surface area contributed by atoms with Gasteiger partial charge in [-0.3, -0.25) is 4.99 Å². The molecular formula is C11H12F2N2O. The van der Waals surface area contributed by atoms with Gasteiger partial charge in [-0.25, -0.2) is 8.78 Å². The summed E-state index contributed by atoms with van der Waals surface area (Å²) in [6.07, 6.45) is -0.478. The van der Waals surface area contributed by atoms with Crippen molar-refractivity contribution in [2.75, 3.05) is 13.1 Å². The molecule has 1 aliphatic rings. The van der Waals surface area contributed by atoms with Crippen LogP contribution in [0.2, 0.25) is 0 Å². The van der Waals surface area contributed by atoms with Crippen LogP contribution in [0.15, 0.2) is 23.2 Å². The summed E-state index contributed by atoms with van der Waals surface area (Å²) in [5.74, 6) is -1.13. The fraction of sp³-hybridized carbons (Fsp3) is 0.364. The van der Waals surface area contributed by atoms with Crippen molar-refractivity contribution in [1.82, 2.24) is 5.32 Å². The Labute approximate surface area is 92.1 Å². The van der Waals surface area contributed by atoms with Crippen LogP contribution in [0.25, 0.3) is 0 Å². The maximum Gasteiger partial charge on any atom is 0.191 e. The monoisotopic (exact) mass is 226 g/mol. The first-order valence-corrected chi connectivity index (χ1v) is 5.07. The Balaban J connectivity index is 2.14. The highest BCUT2D eigenvalue weighted by Crippen LogP contribution is 2.22. The number of para-hydroxylation sites is 1. The largest absolute Gasteiger partial charge is 0.477 e. The molecule has 0 saturated carbocycles. The van der Waals surface area contributed by atoms with Gasteiger partial charge in [0.2, 0.25) is 0 Å². The van der Waals surface area contributed by atoms with Crippen molar-refractivity contribution < 1.29 is 13.5 Å². The summed E-state index contributed by atoms with van der Waals surface area (Å²) in [7, 11) is 0. The maximum atomic E-state index is 13.3. The standard InChI is InChI=1S/C11H12F2N2O/c1-7(11-14-5-6-15-11)16-10-8(12)3-2-4-9(10)13/h2-4,7H,5-6H2,1H3,(H,14,15). The number of rotatable bonds is 3. The average Bonchev–Trinajstić information content (AvgIpc) is 2.76. The number of hydrogen-bond donors (Lipinski definition) is 1. The Morgan fingerprint density at radius 3 is 2.62 bits per heavy atom. The molecule has 16 heavy (non-hydrogen) atoms. The molecular weight excluding hydrogens is 214 g/mol. The van der Waals surface area contributed by atoms with Gasteiger partial charge in [0.15, 0.2) is 23.5 Å². The van der Waals surface area contributed by atoms with E-state index in [1.807, 2.05) is 0 Å². The van der Waals surface area contributed by atoms with Crippen LogP contribution in [-0.2, 0) is 0 Å². The third-order valence-electron chi connectivity index (χ3n) is 2.30. The molecule has 86 valence electrons. The Hall–Kier alpha value is -1.65. The number of halogens is 2. The molecule has 0 spiro atoms. The van der Waals surface area contributed by atoms with Gasteiger partial charge in [-0.1, -0.05) is 6.07 Å². The molecule has 0 amide bonds. The van der Waals surface area contributed by atoms with E-state index in [9.17, 15) is 8.78 Å². The number of benzene rings is 1. The molecule has 0 fully saturated rings. The lowest BCUT2D eigenvalue weighted by Crippen LogP contribution is -2.33. The summed E-state index contributed by atoms with van der Waals surface area (Å²) >= 11 is 0. The van der Waals surface area contributed by atoms with E-state index in [2.05, 4.69) is 10.3 Å². The highest BCUT2D eigenvalue weighted by atomic mass is 19.1. The summed E-state index contributed by atoms with van der Waals surface area (Å²) in [6.45, 7) is 3.11. The number of ether oxygens (including phenoxy) is 1. The van der Waals surface area contributed by atoms with Crippen LogP contribution in [-0.4, -0.2) is 25.0 Å². The first kappa shape index (κ1) is 10.9. The van der Waals surface area contributed by atoms with E-state index < -0.39 is 17.7 Å². The van der Waals surface area contributed by atoms with Crippen molar-refractivity contribution in [2.45, 2.75) is 13.0 Å². The average molecular weight is 226 g/mol. The smallest absolute Gasteiger partial charge is 0.191 e. The lowest BCUT2D eigenvalue weighted by Gasteiger charge is -2.15. The normalized spacial score (nSPS) is 16.6. The molecule has 1 heterocycles. The van der Waals surface area contributed by atoms with Gasteiger partial charge in [0.25, 0.3) is 0 Å². The first-order chi connectivity index (χ1) is 7.68. The van der Waals surface area contributed by atoms with Gasteiger partial charge in [0.1, 0.15) is 5.84 Å². The van der Waals surface area contributed by atoms with E-state index in [4.69, 9.17) is 4.74 Å². The van der Waals surface area contributed by atoms with Crippen LogP contribution in [0.5, 0.6) is 5.75 Å². The molecule has 1 aliphatic heterocycles. The molecule has 1 N–H and O–H groups in total. The third-order valence-corrected chi connectivity index (χ3v) is 2.30. The summed E-state index contributed by atoms with van der Waals surface area (Å²) in [6, 6.07) is 3.62. The van der Waals surface area contributed by atoms with Gasteiger partial charge >= 0.3 is 0 Å². The molecule has 1 aromatic rings. The second-order valence-electron chi connectivity index (χ2n) is 3.50. The van der Waals surface area contributed by atoms with E-state index in [1.165, 1.54) is 6.07 Å². The zero-order valence-corrected chi connectivity index (χ0v) is 8.84. The summed E-state index contributed by atoms with van der Waals surface area (Å²) < 4.78 is 31.8. The Morgan fingerprint density at radius 2 is 2.06 bits per heavy atom. The number of amidine groups is 1. The number of nitrogens with zero attached hydrogens (tertiary/aromatic N) is 1. The fourth-order valence-corrected chi connectivity index (χ4v) is 1.52. The Morgan fingerprint density at radius 1 is 1.38 bits per heavy atom. The molecule has 5 heteroatoms. The molecule has 0 aliphatic carbocycles. The van der Waals surface area contributed by atoms with Crippen LogP contribution in [0.1, 0.15) is 6.92 Å².